The van der Waals surface area contributed by atoms with Crippen LogP contribution in [-0.4, -0.2) is 28.3 Å². The summed E-state index contributed by atoms with van der Waals surface area (Å²) in [6.45, 7) is 1.86. The van der Waals surface area contributed by atoms with Crippen molar-refractivity contribution in [2.75, 3.05) is 12.4 Å². The number of benzene rings is 2. The molecular weight excluding hydrogens is 390 g/mol. The van der Waals surface area contributed by atoms with Crippen LogP contribution >= 0.6 is 34.7 Å². The molecule has 0 unspecified atom stereocenters. The van der Waals surface area contributed by atoms with Crippen LogP contribution in [0.3, 0.4) is 0 Å². The van der Waals surface area contributed by atoms with Gasteiger partial charge in [0.05, 0.1) is 12.4 Å². The molecule has 0 radical (unpaired) electrons. The summed E-state index contributed by atoms with van der Waals surface area (Å²) in [5.41, 5.74) is 1.50. The molecule has 3 rings (SSSR count). The Hall–Kier alpha value is -2.09. The number of aromatic nitrogens is 2. The van der Waals surface area contributed by atoms with Crippen molar-refractivity contribution >= 4 is 51.3 Å². The third-order valence-corrected chi connectivity index (χ3v) is 5.78. The highest BCUT2D eigenvalue weighted by Gasteiger charge is 2.19. The molecule has 1 heterocycles. The number of rotatable bonds is 7. The Bertz CT molecular complexity index is 899. The number of carbonyl (C=O) groups is 1. The van der Waals surface area contributed by atoms with Crippen LogP contribution in [-0.2, 0) is 0 Å². The normalized spacial score (nSPS) is 11.8. The smallest absolute Gasteiger partial charge is 0.210 e. The van der Waals surface area contributed by atoms with Gasteiger partial charge in [0, 0.05) is 22.3 Å². The zero-order valence-electron chi connectivity index (χ0n) is 14.1. The lowest BCUT2D eigenvalue weighted by atomic mass is 10.1. The van der Waals surface area contributed by atoms with Crippen LogP contribution in [0.4, 0.5) is 10.8 Å². The highest BCUT2D eigenvalue weighted by atomic mass is 35.5. The number of Topliss-reactive ketones (excluding diaryl/α,β-unsaturated/α-hetero) is 1. The quantitative estimate of drug-likeness (QED) is 0.424. The van der Waals surface area contributed by atoms with Crippen LogP contribution in [0, 0.1) is 0 Å². The van der Waals surface area contributed by atoms with E-state index in [1.165, 1.54) is 23.1 Å². The van der Waals surface area contributed by atoms with E-state index in [0.717, 1.165) is 15.8 Å². The van der Waals surface area contributed by atoms with E-state index >= 15 is 0 Å². The van der Waals surface area contributed by atoms with E-state index in [1.54, 1.807) is 31.4 Å². The highest BCUT2D eigenvalue weighted by Crippen LogP contribution is 2.32. The number of carbonyl (C=O) groups excluding carboxylic acids is 1. The predicted octanol–water partition coefficient (Wildman–Crippen LogP) is 5.31. The molecule has 0 fully saturated rings. The summed E-state index contributed by atoms with van der Waals surface area (Å²) in [6, 6.07) is 14.5. The monoisotopic (exact) mass is 405 g/mol. The maximum absolute atomic E-state index is 12.5. The summed E-state index contributed by atoms with van der Waals surface area (Å²) in [7, 11) is 1.62. The van der Waals surface area contributed by atoms with Crippen LogP contribution in [0.2, 0.25) is 5.02 Å². The van der Waals surface area contributed by atoms with E-state index < -0.39 is 0 Å². The van der Waals surface area contributed by atoms with Crippen molar-refractivity contribution < 1.29 is 9.53 Å². The zero-order valence-corrected chi connectivity index (χ0v) is 16.5. The predicted molar refractivity (Wildman–Crippen MR) is 107 cm³/mol. The van der Waals surface area contributed by atoms with Crippen LogP contribution in [0.25, 0.3) is 0 Å². The van der Waals surface area contributed by atoms with Crippen LogP contribution in [0.1, 0.15) is 17.3 Å². The van der Waals surface area contributed by atoms with Crippen molar-refractivity contribution in [3.8, 4) is 5.75 Å². The fraction of sp³-hybridized carbons (Fsp3) is 0.167. The minimum Gasteiger partial charge on any atom is -0.497 e. The summed E-state index contributed by atoms with van der Waals surface area (Å²) < 4.78 is 5.93. The fourth-order valence-electron chi connectivity index (χ4n) is 2.19. The van der Waals surface area contributed by atoms with E-state index in [4.69, 9.17) is 16.3 Å². The zero-order chi connectivity index (χ0) is 18.5. The molecule has 0 bridgehead atoms. The number of nitrogens with one attached hydrogen (secondary N) is 1. The first-order chi connectivity index (χ1) is 12.5. The Morgan fingerprint density at radius 2 is 2.00 bits per heavy atom. The Kier molecular flexibility index (Phi) is 6.13. The van der Waals surface area contributed by atoms with Crippen LogP contribution < -0.4 is 10.1 Å². The molecular formula is C18H16ClN3O2S2. The number of nitrogens with zero attached hydrogens (tertiary/aromatic N) is 2. The molecule has 1 N–H and O–H groups in total. The summed E-state index contributed by atoms with van der Waals surface area (Å²) in [4.78, 5) is 12.5. The Balaban J connectivity index is 1.64. The molecule has 0 amide bonds. The van der Waals surface area contributed by atoms with Crippen LogP contribution in [0.5, 0.6) is 5.75 Å². The Morgan fingerprint density at radius 1 is 1.23 bits per heavy atom. The second-order valence-corrected chi connectivity index (χ2v) is 8.36. The topological polar surface area (TPSA) is 64.1 Å². The molecule has 134 valence electrons. The van der Waals surface area contributed by atoms with E-state index in [0.29, 0.717) is 15.7 Å². The largest absolute Gasteiger partial charge is 0.497 e. The first-order valence-corrected chi connectivity index (χ1v) is 9.83. The van der Waals surface area contributed by atoms with Gasteiger partial charge in [-0.3, -0.25) is 4.79 Å². The number of methoxy groups -OCH3 is 1. The van der Waals surface area contributed by atoms with Gasteiger partial charge in [-0.1, -0.05) is 40.8 Å². The summed E-state index contributed by atoms with van der Waals surface area (Å²) in [5.74, 6) is 0.792. The van der Waals surface area contributed by atoms with E-state index in [2.05, 4.69) is 15.5 Å². The Labute approximate surface area is 164 Å². The number of ether oxygens (including phenoxy) is 1. The molecule has 0 spiro atoms. The first-order valence-electron chi connectivity index (χ1n) is 7.76. The maximum atomic E-state index is 12.5. The first kappa shape index (κ1) is 18.7. The van der Waals surface area contributed by atoms with Crippen molar-refractivity contribution in [1.82, 2.24) is 10.2 Å². The molecule has 0 aliphatic rings. The van der Waals surface area contributed by atoms with Gasteiger partial charge in [-0.25, -0.2) is 0 Å². The van der Waals surface area contributed by atoms with Gasteiger partial charge in [-0.2, -0.15) is 0 Å². The van der Waals surface area contributed by atoms with Crippen molar-refractivity contribution in [1.29, 1.82) is 0 Å². The maximum Gasteiger partial charge on any atom is 0.210 e. The van der Waals surface area contributed by atoms with Crippen molar-refractivity contribution in [3.05, 3.63) is 59.1 Å². The molecule has 0 saturated heterocycles. The van der Waals surface area contributed by atoms with Gasteiger partial charge in [0.15, 0.2) is 10.1 Å². The minimum absolute atomic E-state index is 0.0316. The number of thioether (sulfide) groups is 1. The van der Waals surface area contributed by atoms with E-state index in [-0.39, 0.29) is 11.0 Å². The third-order valence-electron chi connectivity index (χ3n) is 3.50. The van der Waals surface area contributed by atoms with Gasteiger partial charge >= 0.3 is 0 Å². The van der Waals surface area contributed by atoms with Crippen molar-refractivity contribution in [3.63, 3.8) is 0 Å². The molecule has 3 aromatic rings. The molecule has 0 saturated carbocycles. The molecule has 0 aliphatic carbocycles. The summed E-state index contributed by atoms with van der Waals surface area (Å²) in [6.07, 6.45) is 0. The van der Waals surface area contributed by atoms with Crippen molar-refractivity contribution in [2.24, 2.45) is 0 Å². The van der Waals surface area contributed by atoms with Gasteiger partial charge in [0.1, 0.15) is 5.75 Å². The van der Waals surface area contributed by atoms with Gasteiger partial charge in [0.2, 0.25) is 5.13 Å². The van der Waals surface area contributed by atoms with Gasteiger partial charge < -0.3 is 10.1 Å². The second kappa shape index (κ2) is 8.53. The number of ketones is 1. The molecule has 5 nitrogen and oxygen atoms in total. The number of halogens is 1. The molecule has 0 aliphatic heterocycles. The molecule has 8 heteroatoms. The van der Waals surface area contributed by atoms with Gasteiger partial charge in [0.25, 0.3) is 0 Å². The molecule has 1 aromatic heterocycles. The molecule has 26 heavy (non-hydrogen) atoms. The average Bonchev–Trinajstić information content (AvgIpc) is 3.08. The third kappa shape index (κ3) is 4.75. The van der Waals surface area contributed by atoms with E-state index in [1.807, 2.05) is 31.2 Å². The number of hydrogen-bond donors (Lipinski definition) is 1. The average molecular weight is 406 g/mol. The molecule has 1 atom stereocenters. The van der Waals surface area contributed by atoms with Crippen LogP contribution in [0.15, 0.2) is 52.9 Å². The minimum atomic E-state index is -0.270. The van der Waals surface area contributed by atoms with E-state index in [9.17, 15) is 4.79 Å². The lowest BCUT2D eigenvalue weighted by molar-refractivity contribution is 0.0994. The highest BCUT2D eigenvalue weighted by molar-refractivity contribution is 8.02. The lowest BCUT2D eigenvalue weighted by Gasteiger charge is -2.07. The lowest BCUT2D eigenvalue weighted by Crippen LogP contribution is -2.13. The van der Waals surface area contributed by atoms with Gasteiger partial charge in [-0.05, 0) is 43.3 Å². The summed E-state index contributed by atoms with van der Waals surface area (Å²) in [5, 5.41) is 12.5. The summed E-state index contributed by atoms with van der Waals surface area (Å²) >= 11 is 8.65. The molecule has 2 aromatic carbocycles. The standard InChI is InChI=1S/C18H16ClN3O2S2/c1-11(16(23)12-6-8-13(19)9-7-12)25-18-22-21-17(26-18)20-14-4-3-5-15(10-14)24-2/h3-11H,1-2H3,(H,20,21)/t11-/m1/s1. The fourth-order valence-corrected chi connectivity index (χ4v) is 4.31. The van der Waals surface area contributed by atoms with Gasteiger partial charge in [-0.15, -0.1) is 10.2 Å². The van der Waals surface area contributed by atoms with Crippen molar-refractivity contribution in [2.45, 2.75) is 16.5 Å². The SMILES string of the molecule is COc1cccc(Nc2nnc(S[C@H](C)C(=O)c3ccc(Cl)cc3)s2)c1. The number of anilines is 2. The number of hydrogen-bond acceptors (Lipinski definition) is 7. The Morgan fingerprint density at radius 3 is 2.73 bits per heavy atom. The second-order valence-electron chi connectivity index (χ2n) is 5.36.